The third kappa shape index (κ3) is 2.64. The quantitative estimate of drug-likeness (QED) is 0.629. The molecule has 1 atom stereocenters. The molecule has 0 aliphatic carbocycles. The molecule has 1 aliphatic rings. The number of hydrogen-bond acceptors (Lipinski definition) is 5. The first-order valence-corrected chi connectivity index (χ1v) is 6.67. The standard InChI is InChI=1S/C12H12BrN3O2/c1-2-18-12(17)8-6-9(16-10(8)7-13)11-14-4-3-5-15-11/h3-6,9H,2,7H2,1H3. The summed E-state index contributed by atoms with van der Waals surface area (Å²) < 4.78 is 4.99. The summed E-state index contributed by atoms with van der Waals surface area (Å²) in [5, 5.41) is 0.501. The molecule has 2 heterocycles. The number of halogens is 1. The number of hydrogen-bond donors (Lipinski definition) is 0. The third-order valence-corrected chi connectivity index (χ3v) is 2.93. The van der Waals surface area contributed by atoms with Gasteiger partial charge in [-0.25, -0.2) is 14.8 Å². The largest absolute Gasteiger partial charge is 0.462 e. The van der Waals surface area contributed by atoms with Gasteiger partial charge in [0.1, 0.15) is 6.04 Å². The van der Waals surface area contributed by atoms with Crippen molar-refractivity contribution < 1.29 is 9.53 Å². The Morgan fingerprint density at radius 3 is 2.78 bits per heavy atom. The minimum absolute atomic E-state index is 0.307. The number of carbonyl (C=O) groups excluding carboxylic acids is 1. The second kappa shape index (κ2) is 5.86. The van der Waals surface area contributed by atoms with Gasteiger partial charge in [-0.15, -0.1) is 0 Å². The normalized spacial score (nSPS) is 18.2. The summed E-state index contributed by atoms with van der Waals surface area (Å²) in [5.74, 6) is 0.226. The van der Waals surface area contributed by atoms with Crippen LogP contribution in [0.15, 0.2) is 35.1 Å². The molecule has 1 aromatic heterocycles. The Bertz CT molecular complexity index is 499. The van der Waals surface area contributed by atoms with Gasteiger partial charge in [-0.2, -0.15) is 0 Å². The van der Waals surface area contributed by atoms with Crippen LogP contribution in [0.4, 0.5) is 0 Å². The van der Waals surface area contributed by atoms with Crippen molar-refractivity contribution >= 4 is 27.6 Å². The predicted molar refractivity (Wildman–Crippen MR) is 70.7 cm³/mol. The minimum atomic E-state index is -0.353. The van der Waals surface area contributed by atoms with Crippen LogP contribution >= 0.6 is 15.9 Å². The summed E-state index contributed by atoms with van der Waals surface area (Å²) in [7, 11) is 0. The van der Waals surface area contributed by atoms with Gasteiger partial charge in [0.15, 0.2) is 5.82 Å². The number of nitrogens with zero attached hydrogens (tertiary/aromatic N) is 3. The van der Waals surface area contributed by atoms with Crippen molar-refractivity contribution in [3.05, 3.63) is 35.9 Å². The van der Waals surface area contributed by atoms with E-state index in [9.17, 15) is 4.79 Å². The van der Waals surface area contributed by atoms with Crippen molar-refractivity contribution in [1.29, 1.82) is 0 Å². The highest BCUT2D eigenvalue weighted by Gasteiger charge is 2.26. The Kier molecular flexibility index (Phi) is 4.19. The Hall–Kier alpha value is -1.56. The van der Waals surface area contributed by atoms with Gasteiger partial charge < -0.3 is 4.74 Å². The summed E-state index contributed by atoms with van der Waals surface area (Å²) in [5.41, 5.74) is 1.16. The Morgan fingerprint density at radius 1 is 1.44 bits per heavy atom. The van der Waals surface area contributed by atoms with Crippen LogP contribution in [0, 0.1) is 0 Å². The SMILES string of the molecule is CCOC(=O)C1=CC(c2ncccn2)N=C1CBr. The topological polar surface area (TPSA) is 64.4 Å². The first kappa shape index (κ1) is 12.9. The lowest BCUT2D eigenvalue weighted by Gasteiger charge is -2.02. The van der Waals surface area contributed by atoms with Crippen LogP contribution in [0.25, 0.3) is 0 Å². The maximum atomic E-state index is 11.8. The predicted octanol–water partition coefficient (Wildman–Crippen LogP) is 1.86. The number of carbonyl (C=O) groups is 1. The molecule has 1 unspecified atom stereocenters. The van der Waals surface area contributed by atoms with Crippen LogP contribution in [0.3, 0.4) is 0 Å². The average molecular weight is 310 g/mol. The molecule has 0 spiro atoms. The molecule has 1 aliphatic heterocycles. The highest BCUT2D eigenvalue weighted by atomic mass is 79.9. The molecule has 0 saturated heterocycles. The lowest BCUT2D eigenvalue weighted by molar-refractivity contribution is -0.137. The first-order chi connectivity index (χ1) is 8.76. The zero-order valence-corrected chi connectivity index (χ0v) is 11.4. The highest BCUT2D eigenvalue weighted by molar-refractivity contribution is 9.09. The minimum Gasteiger partial charge on any atom is -0.462 e. The molecule has 6 heteroatoms. The molecule has 0 N–H and O–H groups in total. The van der Waals surface area contributed by atoms with Crippen molar-refractivity contribution in [3.8, 4) is 0 Å². The fraction of sp³-hybridized carbons (Fsp3) is 0.333. The van der Waals surface area contributed by atoms with Gasteiger partial charge in [-0.05, 0) is 19.1 Å². The smallest absolute Gasteiger partial charge is 0.339 e. The van der Waals surface area contributed by atoms with Gasteiger partial charge in [0.2, 0.25) is 0 Å². The van der Waals surface area contributed by atoms with Crippen LogP contribution in [-0.2, 0) is 9.53 Å². The maximum Gasteiger partial charge on any atom is 0.339 e. The van der Waals surface area contributed by atoms with E-state index in [-0.39, 0.29) is 12.0 Å². The summed E-state index contributed by atoms with van der Waals surface area (Å²) in [6.07, 6.45) is 5.05. The first-order valence-electron chi connectivity index (χ1n) is 5.55. The highest BCUT2D eigenvalue weighted by Crippen LogP contribution is 2.25. The average Bonchev–Trinajstić information content (AvgIpc) is 2.84. The molecule has 0 fully saturated rings. The van der Waals surface area contributed by atoms with Crippen LogP contribution in [-0.4, -0.2) is 33.6 Å². The number of rotatable bonds is 4. The van der Waals surface area contributed by atoms with E-state index in [4.69, 9.17) is 4.74 Å². The summed E-state index contributed by atoms with van der Waals surface area (Å²) in [6.45, 7) is 2.12. The molecule has 0 amide bonds. The molecule has 0 saturated carbocycles. The van der Waals surface area contributed by atoms with Gasteiger partial charge >= 0.3 is 5.97 Å². The van der Waals surface area contributed by atoms with Gasteiger partial charge in [-0.3, -0.25) is 4.99 Å². The summed E-state index contributed by atoms with van der Waals surface area (Å²) in [6, 6.07) is 1.43. The monoisotopic (exact) mass is 309 g/mol. The second-order valence-electron chi connectivity index (χ2n) is 3.56. The van der Waals surface area contributed by atoms with Crippen LogP contribution in [0.1, 0.15) is 18.8 Å². The second-order valence-corrected chi connectivity index (χ2v) is 4.12. The van der Waals surface area contributed by atoms with E-state index >= 15 is 0 Å². The van der Waals surface area contributed by atoms with E-state index in [2.05, 4.69) is 30.9 Å². The molecule has 0 aromatic carbocycles. The van der Waals surface area contributed by atoms with E-state index in [1.54, 1.807) is 31.5 Å². The Morgan fingerprint density at radius 2 is 2.17 bits per heavy atom. The van der Waals surface area contributed by atoms with E-state index in [0.717, 1.165) is 0 Å². The fourth-order valence-corrected chi connectivity index (χ4v) is 2.07. The van der Waals surface area contributed by atoms with E-state index in [1.165, 1.54) is 0 Å². The van der Waals surface area contributed by atoms with Gasteiger partial charge in [0.05, 0.1) is 17.9 Å². The number of ether oxygens (including phenoxy) is 1. The van der Waals surface area contributed by atoms with E-state index < -0.39 is 0 Å². The molecule has 1 aromatic rings. The van der Waals surface area contributed by atoms with Crippen LogP contribution < -0.4 is 0 Å². The van der Waals surface area contributed by atoms with Crippen LogP contribution in [0.2, 0.25) is 0 Å². The number of esters is 1. The number of alkyl halides is 1. The Balaban J connectivity index is 2.27. The van der Waals surface area contributed by atoms with Gasteiger partial charge in [0, 0.05) is 17.7 Å². The third-order valence-electron chi connectivity index (χ3n) is 2.40. The summed E-state index contributed by atoms with van der Waals surface area (Å²) in [4.78, 5) is 24.4. The lowest BCUT2D eigenvalue weighted by Crippen LogP contribution is -2.14. The van der Waals surface area contributed by atoms with Crippen molar-refractivity contribution in [3.63, 3.8) is 0 Å². The fourth-order valence-electron chi connectivity index (χ4n) is 1.63. The van der Waals surface area contributed by atoms with Crippen LogP contribution in [0.5, 0.6) is 0 Å². The lowest BCUT2D eigenvalue weighted by atomic mass is 10.1. The van der Waals surface area contributed by atoms with Crippen molar-refractivity contribution in [2.45, 2.75) is 13.0 Å². The van der Waals surface area contributed by atoms with Crippen molar-refractivity contribution in [2.75, 3.05) is 11.9 Å². The molecule has 2 rings (SSSR count). The van der Waals surface area contributed by atoms with Crippen molar-refractivity contribution in [1.82, 2.24) is 9.97 Å². The number of aromatic nitrogens is 2. The number of aliphatic imine (C=N–C) groups is 1. The maximum absolute atomic E-state index is 11.8. The van der Waals surface area contributed by atoms with E-state index in [0.29, 0.717) is 29.0 Å². The molecule has 0 radical (unpaired) electrons. The molecule has 94 valence electrons. The molecule has 0 bridgehead atoms. The zero-order chi connectivity index (χ0) is 13.0. The van der Waals surface area contributed by atoms with Gasteiger partial charge in [-0.1, -0.05) is 15.9 Å². The molecular weight excluding hydrogens is 298 g/mol. The van der Waals surface area contributed by atoms with E-state index in [1.807, 2.05) is 0 Å². The van der Waals surface area contributed by atoms with Gasteiger partial charge in [0.25, 0.3) is 0 Å². The van der Waals surface area contributed by atoms with Crippen molar-refractivity contribution in [2.24, 2.45) is 4.99 Å². The zero-order valence-electron chi connectivity index (χ0n) is 9.84. The molecule has 5 nitrogen and oxygen atoms in total. The molecular formula is C12H12BrN3O2. The summed E-state index contributed by atoms with van der Waals surface area (Å²) >= 11 is 3.32. The molecule has 18 heavy (non-hydrogen) atoms. The Labute approximate surface area is 113 Å².